The van der Waals surface area contributed by atoms with E-state index in [-0.39, 0.29) is 5.92 Å². The van der Waals surface area contributed by atoms with Crippen molar-refractivity contribution < 1.29 is 4.79 Å². The van der Waals surface area contributed by atoms with Gasteiger partial charge in [-0.2, -0.15) is 0 Å². The molecule has 0 amide bonds. The molecule has 0 saturated heterocycles. The first kappa shape index (κ1) is 20.0. The van der Waals surface area contributed by atoms with E-state index in [0.29, 0.717) is 35.0 Å². The van der Waals surface area contributed by atoms with E-state index >= 15 is 0 Å². The average Bonchev–Trinajstić information content (AvgIpc) is 2.77. The lowest BCUT2D eigenvalue weighted by Crippen LogP contribution is -2.36. The second-order valence-corrected chi connectivity index (χ2v) is 8.04. The largest absolute Gasteiger partial charge is 0.299 e. The summed E-state index contributed by atoms with van der Waals surface area (Å²) in [6.45, 7) is 6.07. The normalized spacial score (nSPS) is 23.0. The Labute approximate surface area is 176 Å². The number of ketones is 1. The molecule has 2 aliphatic rings. The predicted octanol–water partition coefficient (Wildman–Crippen LogP) is 6.02. The van der Waals surface area contributed by atoms with Crippen LogP contribution in [0.3, 0.4) is 0 Å². The van der Waals surface area contributed by atoms with Gasteiger partial charge in [0.05, 0.1) is 11.2 Å². The first-order valence-electron chi connectivity index (χ1n) is 10.6. The third-order valence-electron chi connectivity index (χ3n) is 6.33. The van der Waals surface area contributed by atoms with Gasteiger partial charge in [0, 0.05) is 41.0 Å². The lowest BCUT2D eigenvalue weighted by atomic mass is 9.65. The molecule has 0 bridgehead atoms. The van der Waals surface area contributed by atoms with E-state index in [2.05, 4.69) is 16.9 Å². The summed E-state index contributed by atoms with van der Waals surface area (Å²) in [5.74, 6) is 1.82. The Morgan fingerprint density at radius 2 is 1.83 bits per heavy atom. The van der Waals surface area contributed by atoms with Crippen molar-refractivity contribution >= 4 is 28.3 Å². The summed E-state index contributed by atoms with van der Waals surface area (Å²) in [7, 11) is 0. The lowest BCUT2D eigenvalue weighted by Gasteiger charge is -2.39. The average molecular weight is 408 g/mol. The lowest BCUT2D eigenvalue weighted by molar-refractivity contribution is -0.126. The fourth-order valence-corrected chi connectivity index (χ4v) is 5.12. The molecule has 2 aliphatic carbocycles. The standard InChI is InChI=1S/C22H20ClN3O.C2H6/c1-12-13-6-7-17-20(15(13)8-9-19(12)27)25-22(26-21(17)23)16-10-11-24-18-5-3-2-4-14(16)18;1-2/h2-5,10-13,15H,6-9H2,1H3;1-2H3. The summed E-state index contributed by atoms with van der Waals surface area (Å²) in [6.07, 6.45) is 5.13. The minimum absolute atomic E-state index is 0.107. The zero-order valence-electron chi connectivity index (χ0n) is 17.2. The van der Waals surface area contributed by atoms with Crippen LogP contribution >= 0.6 is 11.6 Å². The molecule has 3 atom stereocenters. The van der Waals surface area contributed by atoms with E-state index in [1.807, 2.05) is 44.2 Å². The van der Waals surface area contributed by atoms with Gasteiger partial charge >= 0.3 is 0 Å². The topological polar surface area (TPSA) is 55.7 Å². The van der Waals surface area contributed by atoms with Crippen molar-refractivity contribution in [1.82, 2.24) is 15.0 Å². The highest BCUT2D eigenvalue weighted by Crippen LogP contribution is 2.47. The quantitative estimate of drug-likeness (QED) is 0.463. The number of carbonyl (C=O) groups is 1. The minimum Gasteiger partial charge on any atom is -0.299 e. The smallest absolute Gasteiger partial charge is 0.161 e. The van der Waals surface area contributed by atoms with E-state index < -0.39 is 0 Å². The maximum absolute atomic E-state index is 12.2. The van der Waals surface area contributed by atoms with Crippen molar-refractivity contribution in [3.8, 4) is 11.4 Å². The van der Waals surface area contributed by atoms with E-state index in [9.17, 15) is 4.79 Å². The number of Topliss-reactive ketones (excluding diaryl/α,β-unsaturated/α-hetero) is 1. The Morgan fingerprint density at radius 1 is 1.03 bits per heavy atom. The van der Waals surface area contributed by atoms with Crippen molar-refractivity contribution in [3.63, 3.8) is 0 Å². The summed E-state index contributed by atoms with van der Waals surface area (Å²) in [5.41, 5.74) is 4.00. The monoisotopic (exact) mass is 407 g/mol. The zero-order chi connectivity index (χ0) is 20.5. The van der Waals surface area contributed by atoms with Gasteiger partial charge < -0.3 is 0 Å². The number of para-hydroxylation sites is 1. The fourth-order valence-electron chi connectivity index (χ4n) is 4.85. The second-order valence-electron chi connectivity index (χ2n) is 7.68. The fraction of sp³-hybridized carbons (Fsp3) is 0.417. The number of aromatic nitrogens is 3. The van der Waals surface area contributed by atoms with Crippen LogP contribution in [0, 0.1) is 11.8 Å². The highest BCUT2D eigenvalue weighted by molar-refractivity contribution is 6.30. The van der Waals surface area contributed by atoms with Gasteiger partial charge in [-0.15, -0.1) is 0 Å². The first-order chi connectivity index (χ1) is 14.1. The van der Waals surface area contributed by atoms with Crippen molar-refractivity contribution in [2.24, 2.45) is 11.8 Å². The maximum atomic E-state index is 12.2. The van der Waals surface area contributed by atoms with E-state index in [4.69, 9.17) is 16.6 Å². The van der Waals surface area contributed by atoms with E-state index in [0.717, 1.165) is 47.0 Å². The number of hydrogen-bond donors (Lipinski definition) is 0. The van der Waals surface area contributed by atoms with Crippen molar-refractivity contribution in [2.45, 2.75) is 52.4 Å². The molecule has 0 N–H and O–H groups in total. The van der Waals surface area contributed by atoms with Gasteiger partial charge in [-0.25, -0.2) is 9.97 Å². The SMILES string of the molecule is CC.CC1C(=O)CCC2c3nc(-c4ccnc5ccccc45)nc(Cl)c3CCC12. The van der Waals surface area contributed by atoms with Crippen molar-refractivity contribution in [3.05, 3.63) is 52.9 Å². The van der Waals surface area contributed by atoms with Gasteiger partial charge in [-0.1, -0.05) is 50.6 Å². The Bertz CT molecular complexity index is 1060. The highest BCUT2D eigenvalue weighted by atomic mass is 35.5. The Kier molecular flexibility index (Phi) is 5.64. The van der Waals surface area contributed by atoms with Crippen LogP contribution in [0.2, 0.25) is 5.15 Å². The molecule has 5 heteroatoms. The van der Waals surface area contributed by atoms with Crippen LogP contribution in [0.15, 0.2) is 36.5 Å². The third-order valence-corrected chi connectivity index (χ3v) is 6.64. The Hall–Kier alpha value is -2.33. The molecule has 150 valence electrons. The van der Waals surface area contributed by atoms with Crippen LogP contribution in [0.5, 0.6) is 0 Å². The Morgan fingerprint density at radius 3 is 2.66 bits per heavy atom. The molecule has 4 nitrogen and oxygen atoms in total. The number of nitrogens with zero attached hydrogens (tertiary/aromatic N) is 3. The second kappa shape index (κ2) is 8.19. The zero-order valence-corrected chi connectivity index (χ0v) is 17.9. The predicted molar refractivity (Wildman–Crippen MR) is 117 cm³/mol. The van der Waals surface area contributed by atoms with Gasteiger partial charge in [-0.05, 0) is 37.3 Å². The minimum atomic E-state index is 0.107. The number of fused-ring (bicyclic) bond motifs is 4. The summed E-state index contributed by atoms with van der Waals surface area (Å²) >= 11 is 6.61. The van der Waals surface area contributed by atoms with E-state index in [1.54, 1.807) is 6.20 Å². The molecule has 1 saturated carbocycles. The molecule has 3 aromatic rings. The first-order valence-corrected chi connectivity index (χ1v) is 10.9. The summed E-state index contributed by atoms with van der Waals surface area (Å²) in [5, 5.41) is 1.58. The third kappa shape index (κ3) is 3.44. The van der Waals surface area contributed by atoms with Crippen LogP contribution in [0.25, 0.3) is 22.3 Å². The van der Waals surface area contributed by atoms with Crippen LogP contribution in [0.4, 0.5) is 0 Å². The Balaban J connectivity index is 0.000000994. The molecule has 29 heavy (non-hydrogen) atoms. The molecular formula is C24H26ClN3O. The molecule has 1 fully saturated rings. The van der Waals surface area contributed by atoms with Crippen LogP contribution < -0.4 is 0 Å². The number of hydrogen-bond acceptors (Lipinski definition) is 4. The molecule has 2 heterocycles. The number of benzene rings is 1. The van der Waals surface area contributed by atoms with Crippen molar-refractivity contribution in [1.29, 1.82) is 0 Å². The molecule has 2 aromatic heterocycles. The highest BCUT2D eigenvalue weighted by Gasteiger charge is 2.41. The van der Waals surface area contributed by atoms with Gasteiger partial charge in [0.1, 0.15) is 10.9 Å². The number of pyridine rings is 1. The summed E-state index contributed by atoms with van der Waals surface area (Å²) in [4.78, 5) is 26.3. The molecule has 0 spiro atoms. The van der Waals surface area contributed by atoms with Gasteiger partial charge in [0.15, 0.2) is 5.82 Å². The van der Waals surface area contributed by atoms with E-state index in [1.165, 1.54) is 0 Å². The van der Waals surface area contributed by atoms with Crippen LogP contribution in [0.1, 0.15) is 57.2 Å². The number of rotatable bonds is 1. The van der Waals surface area contributed by atoms with Crippen LogP contribution in [-0.4, -0.2) is 20.7 Å². The van der Waals surface area contributed by atoms with Crippen LogP contribution in [-0.2, 0) is 11.2 Å². The molecule has 1 aromatic carbocycles. The van der Waals surface area contributed by atoms with Gasteiger partial charge in [-0.3, -0.25) is 9.78 Å². The molecule has 0 radical (unpaired) electrons. The summed E-state index contributed by atoms with van der Waals surface area (Å²) in [6, 6.07) is 9.96. The van der Waals surface area contributed by atoms with Gasteiger partial charge in [0.2, 0.25) is 0 Å². The molecule has 3 unspecified atom stereocenters. The molecule has 5 rings (SSSR count). The van der Waals surface area contributed by atoms with Gasteiger partial charge in [0.25, 0.3) is 0 Å². The number of halogens is 1. The maximum Gasteiger partial charge on any atom is 0.161 e. The molecular weight excluding hydrogens is 382 g/mol. The summed E-state index contributed by atoms with van der Waals surface area (Å²) < 4.78 is 0. The molecule has 0 aliphatic heterocycles. The van der Waals surface area contributed by atoms with Crippen molar-refractivity contribution in [2.75, 3.05) is 0 Å². The number of carbonyl (C=O) groups excluding carboxylic acids is 1.